The zero-order valence-corrected chi connectivity index (χ0v) is 19.4. The van der Waals surface area contributed by atoms with E-state index in [0.29, 0.717) is 5.56 Å². The zero-order chi connectivity index (χ0) is 25.7. The summed E-state index contributed by atoms with van der Waals surface area (Å²) < 4.78 is 0. The van der Waals surface area contributed by atoms with Gasteiger partial charge in [-0.3, -0.25) is 14.4 Å². The first-order chi connectivity index (χ1) is 18.0. The summed E-state index contributed by atoms with van der Waals surface area (Å²) in [7, 11) is 0. The van der Waals surface area contributed by atoms with Crippen molar-refractivity contribution in [3.05, 3.63) is 142 Å². The van der Waals surface area contributed by atoms with Gasteiger partial charge in [0.05, 0.1) is 5.56 Å². The molecule has 1 N–H and O–H groups in total. The number of carboxylic acid groups (broad SMARTS) is 1. The lowest BCUT2D eigenvalue weighted by atomic mass is 9.82. The standard InChI is InChI=1S/C17H10O.C15H8O4/c18-17-14-8-2-1-7-12(14)13-9-3-5-11-6-4-10-15(17)16(11)13;16-13-8-4-1-2-5-9(8)14(17)12-10(13)6-3-7-11(12)15(18)19/h1-10H;1-7H,(H,18,19). The molecule has 0 aliphatic heterocycles. The van der Waals surface area contributed by atoms with E-state index < -0.39 is 11.8 Å². The number of carboxylic acids is 1. The van der Waals surface area contributed by atoms with Gasteiger partial charge in [-0.05, 0) is 22.6 Å². The molecule has 7 rings (SSSR count). The lowest BCUT2D eigenvalue weighted by molar-refractivity contribution is 0.0692. The largest absolute Gasteiger partial charge is 0.478 e. The fourth-order valence-corrected chi connectivity index (χ4v) is 5.14. The number of fused-ring (bicyclic) bond motifs is 4. The molecule has 37 heavy (non-hydrogen) atoms. The first-order valence-corrected chi connectivity index (χ1v) is 11.7. The minimum atomic E-state index is -1.21. The Morgan fingerprint density at radius 3 is 1.57 bits per heavy atom. The Morgan fingerprint density at radius 1 is 0.459 bits per heavy atom. The van der Waals surface area contributed by atoms with E-state index >= 15 is 0 Å². The molecule has 5 nitrogen and oxygen atoms in total. The van der Waals surface area contributed by atoms with Crippen LogP contribution in [-0.4, -0.2) is 28.4 Å². The highest BCUT2D eigenvalue weighted by Crippen LogP contribution is 2.39. The molecule has 5 heteroatoms. The Bertz CT molecular complexity index is 1810. The maximum atomic E-state index is 12.5. The first-order valence-electron chi connectivity index (χ1n) is 11.7. The molecule has 0 atom stereocenters. The topological polar surface area (TPSA) is 88.5 Å². The van der Waals surface area contributed by atoms with Crippen molar-refractivity contribution in [1.29, 1.82) is 0 Å². The summed E-state index contributed by atoms with van der Waals surface area (Å²) >= 11 is 0. The van der Waals surface area contributed by atoms with Crippen molar-refractivity contribution < 1.29 is 24.3 Å². The van der Waals surface area contributed by atoms with Gasteiger partial charge in [-0.2, -0.15) is 0 Å². The molecule has 2 aliphatic rings. The SMILES string of the molecule is O=C(O)c1cccc2c1C(=O)c1ccccc1C2=O.O=C1c2ccccc2-c2cccc3cccc1c23. The lowest BCUT2D eigenvalue weighted by Gasteiger charge is -2.19. The normalized spacial score (nSPS) is 12.7. The van der Waals surface area contributed by atoms with E-state index in [1.165, 1.54) is 29.8 Å². The number of benzene rings is 5. The van der Waals surface area contributed by atoms with Gasteiger partial charge in [0.2, 0.25) is 0 Å². The third-order valence-corrected chi connectivity index (χ3v) is 6.79. The van der Waals surface area contributed by atoms with Crippen molar-refractivity contribution in [2.75, 3.05) is 0 Å². The lowest BCUT2D eigenvalue weighted by Crippen LogP contribution is -2.23. The van der Waals surface area contributed by atoms with Crippen LogP contribution in [0.25, 0.3) is 21.9 Å². The van der Waals surface area contributed by atoms with Gasteiger partial charge in [0.25, 0.3) is 0 Å². The molecule has 2 aliphatic carbocycles. The van der Waals surface area contributed by atoms with Crippen LogP contribution in [0.3, 0.4) is 0 Å². The molecule has 0 aromatic heterocycles. The number of carbonyl (C=O) groups excluding carboxylic acids is 3. The van der Waals surface area contributed by atoms with E-state index in [2.05, 4.69) is 18.2 Å². The second kappa shape index (κ2) is 8.50. The molecule has 0 bridgehead atoms. The van der Waals surface area contributed by atoms with Crippen molar-refractivity contribution in [3.8, 4) is 11.1 Å². The average molecular weight is 482 g/mol. The van der Waals surface area contributed by atoms with Crippen LogP contribution in [0.5, 0.6) is 0 Å². The highest BCUT2D eigenvalue weighted by molar-refractivity contribution is 6.30. The molecule has 0 fully saturated rings. The Balaban J connectivity index is 0.000000136. The summed E-state index contributed by atoms with van der Waals surface area (Å²) in [5, 5.41) is 11.3. The Labute approximate surface area is 211 Å². The van der Waals surface area contributed by atoms with Crippen molar-refractivity contribution in [2.45, 2.75) is 0 Å². The second-order valence-corrected chi connectivity index (χ2v) is 8.82. The third-order valence-electron chi connectivity index (χ3n) is 6.79. The highest BCUT2D eigenvalue weighted by Gasteiger charge is 2.32. The van der Waals surface area contributed by atoms with Gasteiger partial charge in [0.15, 0.2) is 17.3 Å². The van der Waals surface area contributed by atoms with Crippen LogP contribution in [0.15, 0.2) is 103 Å². The summed E-state index contributed by atoms with van der Waals surface area (Å²) in [4.78, 5) is 48.3. The van der Waals surface area contributed by atoms with E-state index in [1.807, 2.05) is 42.5 Å². The smallest absolute Gasteiger partial charge is 0.336 e. The van der Waals surface area contributed by atoms with Gasteiger partial charge in [0.1, 0.15) is 0 Å². The average Bonchev–Trinajstić information content (AvgIpc) is 2.94. The number of ketones is 3. The van der Waals surface area contributed by atoms with Crippen LogP contribution in [0.1, 0.15) is 58.1 Å². The summed E-state index contributed by atoms with van der Waals surface area (Å²) in [5.41, 5.74) is 4.43. The maximum Gasteiger partial charge on any atom is 0.336 e. The molecule has 5 aromatic rings. The minimum absolute atomic E-state index is 0.0151. The van der Waals surface area contributed by atoms with E-state index in [-0.39, 0.29) is 33.8 Å². The van der Waals surface area contributed by atoms with Crippen LogP contribution < -0.4 is 0 Å². The van der Waals surface area contributed by atoms with E-state index in [0.717, 1.165) is 27.5 Å². The van der Waals surface area contributed by atoms with E-state index in [4.69, 9.17) is 5.11 Å². The van der Waals surface area contributed by atoms with Crippen LogP contribution in [0.4, 0.5) is 0 Å². The van der Waals surface area contributed by atoms with E-state index in [9.17, 15) is 19.2 Å². The minimum Gasteiger partial charge on any atom is -0.478 e. The summed E-state index contributed by atoms with van der Waals surface area (Å²) in [6.45, 7) is 0. The van der Waals surface area contributed by atoms with Crippen molar-refractivity contribution >= 4 is 34.1 Å². The number of hydrogen-bond donors (Lipinski definition) is 1. The predicted octanol–water partition coefficient (Wildman–Crippen LogP) is 6.21. The number of carbonyl (C=O) groups is 4. The fraction of sp³-hybridized carbons (Fsp3) is 0. The highest BCUT2D eigenvalue weighted by atomic mass is 16.4. The van der Waals surface area contributed by atoms with Gasteiger partial charge < -0.3 is 5.11 Å². The zero-order valence-electron chi connectivity index (χ0n) is 19.4. The molecule has 0 unspecified atom stereocenters. The van der Waals surface area contributed by atoms with Crippen molar-refractivity contribution in [1.82, 2.24) is 0 Å². The first kappa shape index (κ1) is 22.3. The van der Waals surface area contributed by atoms with Crippen LogP contribution >= 0.6 is 0 Å². The van der Waals surface area contributed by atoms with Crippen molar-refractivity contribution in [3.63, 3.8) is 0 Å². The predicted molar refractivity (Wildman–Crippen MR) is 140 cm³/mol. The van der Waals surface area contributed by atoms with Crippen LogP contribution in [0, 0.1) is 0 Å². The molecular weight excluding hydrogens is 464 g/mol. The monoisotopic (exact) mass is 482 g/mol. The number of hydrogen-bond acceptors (Lipinski definition) is 4. The molecule has 0 radical (unpaired) electrons. The third kappa shape index (κ3) is 3.40. The number of aromatic carboxylic acids is 1. The van der Waals surface area contributed by atoms with Gasteiger partial charge in [-0.25, -0.2) is 4.79 Å². The molecule has 0 amide bonds. The molecule has 0 saturated heterocycles. The summed E-state index contributed by atoms with van der Waals surface area (Å²) in [6.07, 6.45) is 0. The van der Waals surface area contributed by atoms with Gasteiger partial charge >= 0.3 is 5.97 Å². The van der Waals surface area contributed by atoms with Gasteiger partial charge in [-0.15, -0.1) is 0 Å². The van der Waals surface area contributed by atoms with Crippen LogP contribution in [-0.2, 0) is 0 Å². The Kier molecular flexibility index (Phi) is 5.13. The van der Waals surface area contributed by atoms with Gasteiger partial charge in [0, 0.05) is 38.8 Å². The van der Waals surface area contributed by atoms with Gasteiger partial charge in [-0.1, -0.05) is 97.1 Å². The van der Waals surface area contributed by atoms with E-state index in [1.54, 1.807) is 18.2 Å². The Morgan fingerprint density at radius 2 is 0.919 bits per heavy atom. The summed E-state index contributed by atoms with van der Waals surface area (Å²) in [5.74, 6) is -1.80. The molecule has 0 saturated carbocycles. The Hall–Kier alpha value is -5.16. The quantitative estimate of drug-likeness (QED) is 0.300. The second-order valence-electron chi connectivity index (χ2n) is 8.82. The fourth-order valence-electron chi connectivity index (χ4n) is 5.14. The molecule has 176 valence electrons. The van der Waals surface area contributed by atoms with Crippen molar-refractivity contribution in [2.24, 2.45) is 0 Å². The molecule has 0 spiro atoms. The maximum absolute atomic E-state index is 12.5. The number of rotatable bonds is 1. The molecule has 5 aromatic carbocycles. The molecule has 0 heterocycles. The molecular formula is C32H18O5. The summed E-state index contributed by atoms with van der Waals surface area (Å²) in [6, 6.07) is 30.7. The van der Waals surface area contributed by atoms with Crippen LogP contribution in [0.2, 0.25) is 0 Å².